The van der Waals surface area contributed by atoms with Crippen LogP contribution in [0.3, 0.4) is 0 Å². The van der Waals surface area contributed by atoms with Crippen LogP contribution in [0.25, 0.3) is 22.5 Å². The maximum atomic E-state index is 5.96. The Morgan fingerprint density at radius 1 is 1.00 bits per heavy atom. The summed E-state index contributed by atoms with van der Waals surface area (Å²) in [7, 11) is 0. The fraction of sp³-hybridized carbons (Fsp3) is 0.133. The predicted octanol–water partition coefficient (Wildman–Crippen LogP) is 3.00. The highest BCUT2D eigenvalue weighted by molar-refractivity contribution is 5.86. The number of nitrogens with two attached hydrogens (primary N) is 1. The van der Waals surface area contributed by atoms with Gasteiger partial charge in [0.15, 0.2) is 11.6 Å². The Bertz CT molecular complexity index is 750. The lowest BCUT2D eigenvalue weighted by molar-refractivity contribution is 0.436. The van der Waals surface area contributed by atoms with Gasteiger partial charge in [-0.25, -0.2) is 0 Å². The topological polar surface area (TPSA) is 77.8 Å². The number of hydrogen-bond acceptors (Lipinski definition) is 5. The lowest BCUT2D eigenvalue weighted by Crippen LogP contribution is -1.91. The van der Waals surface area contributed by atoms with E-state index in [2.05, 4.69) is 41.3 Å². The third kappa shape index (κ3) is 2.03. The van der Waals surface area contributed by atoms with E-state index in [9.17, 15) is 0 Å². The summed E-state index contributed by atoms with van der Waals surface area (Å²) in [6.45, 7) is 4.14. The number of nitrogens with zero attached hydrogens (tertiary/aromatic N) is 3. The van der Waals surface area contributed by atoms with E-state index in [0.717, 1.165) is 16.7 Å². The zero-order chi connectivity index (χ0) is 14.1. The minimum absolute atomic E-state index is 0.375. The summed E-state index contributed by atoms with van der Waals surface area (Å²) >= 11 is 0. The second kappa shape index (κ2) is 4.77. The summed E-state index contributed by atoms with van der Waals surface area (Å²) < 4.78 is 5.36. The van der Waals surface area contributed by atoms with Crippen LogP contribution in [0.4, 0.5) is 5.82 Å². The van der Waals surface area contributed by atoms with Crippen molar-refractivity contribution in [1.82, 2.24) is 15.4 Å². The molecule has 0 spiro atoms. The third-order valence-electron chi connectivity index (χ3n) is 3.36. The Balaban J connectivity index is 2.19. The van der Waals surface area contributed by atoms with Crippen LogP contribution in [0.15, 0.2) is 41.2 Å². The first-order valence-corrected chi connectivity index (χ1v) is 6.26. The first kappa shape index (κ1) is 12.3. The Hall–Kier alpha value is -2.69. The molecule has 1 aromatic carbocycles. The molecule has 0 atom stereocenters. The van der Waals surface area contributed by atoms with Gasteiger partial charge in [-0.3, -0.25) is 0 Å². The molecule has 0 radical (unpaired) electrons. The number of anilines is 1. The highest BCUT2D eigenvalue weighted by atomic mass is 16.5. The summed E-state index contributed by atoms with van der Waals surface area (Å²) in [4.78, 5) is 0. The molecule has 0 unspecified atom stereocenters. The van der Waals surface area contributed by atoms with Gasteiger partial charge < -0.3 is 10.3 Å². The maximum Gasteiger partial charge on any atom is 0.178 e. The molecule has 0 aliphatic rings. The van der Waals surface area contributed by atoms with Crippen molar-refractivity contribution in [2.24, 2.45) is 0 Å². The number of benzene rings is 1. The van der Waals surface area contributed by atoms with Crippen LogP contribution in [0.5, 0.6) is 0 Å². The van der Waals surface area contributed by atoms with E-state index in [1.807, 2.05) is 12.1 Å². The quantitative estimate of drug-likeness (QED) is 0.771. The maximum absolute atomic E-state index is 5.96. The first-order valence-electron chi connectivity index (χ1n) is 6.26. The van der Waals surface area contributed by atoms with Crippen molar-refractivity contribution in [1.29, 1.82) is 0 Å². The summed E-state index contributed by atoms with van der Waals surface area (Å²) in [5.74, 6) is 0.987. The van der Waals surface area contributed by atoms with Gasteiger partial charge in [0, 0.05) is 5.56 Å². The van der Waals surface area contributed by atoms with Crippen molar-refractivity contribution < 1.29 is 4.52 Å². The van der Waals surface area contributed by atoms with Gasteiger partial charge in [0.1, 0.15) is 0 Å². The van der Waals surface area contributed by atoms with Gasteiger partial charge in [0.25, 0.3) is 0 Å². The lowest BCUT2D eigenvalue weighted by atomic mass is 9.99. The van der Waals surface area contributed by atoms with E-state index in [1.165, 1.54) is 11.1 Å². The van der Waals surface area contributed by atoms with Gasteiger partial charge in [-0.15, -0.1) is 0 Å². The molecule has 0 aliphatic carbocycles. The predicted molar refractivity (Wildman–Crippen MR) is 76.9 cm³/mol. The summed E-state index contributed by atoms with van der Waals surface area (Å²) in [5.41, 5.74) is 11.0. The summed E-state index contributed by atoms with van der Waals surface area (Å²) in [6.07, 6.45) is 3.24. The summed E-state index contributed by atoms with van der Waals surface area (Å²) in [5, 5.41) is 11.5. The fourth-order valence-corrected chi connectivity index (χ4v) is 2.10. The standard InChI is InChI=1S/C15H14N4O/c1-9-3-4-11(7-10(9)2)13-14(20-19-15(13)16)12-5-6-17-18-8-12/h3-8H,1-2H3,(H2,16,19). The van der Waals surface area contributed by atoms with Crippen LogP contribution < -0.4 is 5.73 Å². The van der Waals surface area contributed by atoms with E-state index >= 15 is 0 Å². The molecule has 0 aliphatic heterocycles. The van der Waals surface area contributed by atoms with Gasteiger partial charge in [-0.2, -0.15) is 10.2 Å². The minimum atomic E-state index is 0.375. The average molecular weight is 266 g/mol. The van der Waals surface area contributed by atoms with Crippen LogP contribution in [-0.2, 0) is 0 Å². The number of nitrogen functional groups attached to an aromatic ring is 1. The van der Waals surface area contributed by atoms with Crippen molar-refractivity contribution in [2.45, 2.75) is 13.8 Å². The van der Waals surface area contributed by atoms with Gasteiger partial charge in [0.2, 0.25) is 0 Å². The van der Waals surface area contributed by atoms with Crippen molar-refractivity contribution in [3.63, 3.8) is 0 Å². The van der Waals surface area contributed by atoms with Gasteiger partial charge in [-0.1, -0.05) is 23.4 Å². The molecule has 0 amide bonds. The number of rotatable bonds is 2. The molecule has 100 valence electrons. The van der Waals surface area contributed by atoms with Crippen LogP contribution in [0.2, 0.25) is 0 Å². The van der Waals surface area contributed by atoms with Crippen molar-refractivity contribution in [3.8, 4) is 22.5 Å². The van der Waals surface area contributed by atoms with E-state index in [-0.39, 0.29) is 0 Å². The highest BCUT2D eigenvalue weighted by Crippen LogP contribution is 2.36. The van der Waals surface area contributed by atoms with Crippen LogP contribution in [0.1, 0.15) is 11.1 Å². The van der Waals surface area contributed by atoms with Crippen molar-refractivity contribution in [2.75, 3.05) is 5.73 Å². The molecule has 3 aromatic rings. The molecular formula is C15H14N4O. The second-order valence-corrected chi connectivity index (χ2v) is 4.70. The monoisotopic (exact) mass is 266 g/mol. The van der Waals surface area contributed by atoms with E-state index in [4.69, 9.17) is 10.3 Å². The SMILES string of the molecule is Cc1ccc(-c2c(N)noc2-c2ccnnc2)cc1C. The van der Waals surface area contributed by atoms with Crippen molar-refractivity contribution in [3.05, 3.63) is 47.8 Å². The van der Waals surface area contributed by atoms with Gasteiger partial charge >= 0.3 is 0 Å². The molecule has 0 saturated heterocycles. The number of aromatic nitrogens is 3. The molecule has 0 bridgehead atoms. The Morgan fingerprint density at radius 2 is 1.85 bits per heavy atom. The molecule has 0 fully saturated rings. The Labute approximate surface area is 116 Å². The number of hydrogen-bond donors (Lipinski definition) is 1. The molecule has 5 heteroatoms. The molecule has 2 heterocycles. The molecule has 0 saturated carbocycles. The fourth-order valence-electron chi connectivity index (χ4n) is 2.10. The van der Waals surface area contributed by atoms with E-state index < -0.39 is 0 Å². The van der Waals surface area contributed by atoms with E-state index in [0.29, 0.717) is 11.6 Å². The third-order valence-corrected chi connectivity index (χ3v) is 3.36. The van der Waals surface area contributed by atoms with Gasteiger partial charge in [-0.05, 0) is 36.6 Å². The first-order chi connectivity index (χ1) is 9.66. The molecule has 20 heavy (non-hydrogen) atoms. The zero-order valence-electron chi connectivity index (χ0n) is 11.3. The Kier molecular flexibility index (Phi) is 2.95. The zero-order valence-corrected chi connectivity index (χ0v) is 11.3. The molecule has 2 aromatic heterocycles. The number of aryl methyl sites for hydroxylation is 2. The normalized spacial score (nSPS) is 10.7. The molecule has 2 N–H and O–H groups in total. The van der Waals surface area contributed by atoms with Crippen LogP contribution in [-0.4, -0.2) is 15.4 Å². The minimum Gasteiger partial charge on any atom is -0.380 e. The van der Waals surface area contributed by atoms with E-state index in [1.54, 1.807) is 12.4 Å². The van der Waals surface area contributed by atoms with Crippen LogP contribution in [0, 0.1) is 13.8 Å². The van der Waals surface area contributed by atoms with Crippen molar-refractivity contribution >= 4 is 5.82 Å². The average Bonchev–Trinajstić information content (AvgIpc) is 2.85. The molecule has 3 rings (SSSR count). The Morgan fingerprint density at radius 3 is 2.55 bits per heavy atom. The van der Waals surface area contributed by atoms with Crippen LogP contribution >= 0.6 is 0 Å². The summed E-state index contributed by atoms with van der Waals surface area (Å²) in [6, 6.07) is 7.98. The molecule has 5 nitrogen and oxygen atoms in total. The lowest BCUT2D eigenvalue weighted by Gasteiger charge is -2.05. The molecular weight excluding hydrogens is 252 g/mol. The smallest absolute Gasteiger partial charge is 0.178 e. The van der Waals surface area contributed by atoms with Gasteiger partial charge in [0.05, 0.1) is 18.0 Å². The highest BCUT2D eigenvalue weighted by Gasteiger charge is 2.18. The largest absolute Gasteiger partial charge is 0.380 e. The second-order valence-electron chi connectivity index (χ2n) is 4.70.